The smallest absolute Gasteiger partial charge is 0.00684 e. The second-order valence-electron chi connectivity index (χ2n) is 4.81. The molecule has 15 heavy (non-hydrogen) atoms. The summed E-state index contributed by atoms with van der Waals surface area (Å²) in [7, 11) is 0. The first-order valence-corrected chi connectivity index (χ1v) is 7.73. The van der Waals surface area contributed by atoms with Gasteiger partial charge in [0.05, 0.1) is 0 Å². The summed E-state index contributed by atoms with van der Waals surface area (Å²) in [5.41, 5.74) is 0.574. The first-order chi connectivity index (χ1) is 7.26. The normalized spacial score (nSPS) is 17.0. The van der Waals surface area contributed by atoms with Crippen LogP contribution in [0.1, 0.15) is 52.9 Å². The van der Waals surface area contributed by atoms with E-state index in [1.54, 1.807) is 0 Å². The van der Waals surface area contributed by atoms with E-state index < -0.39 is 0 Å². The first kappa shape index (κ1) is 13.4. The van der Waals surface area contributed by atoms with Crippen LogP contribution in [0.5, 0.6) is 0 Å². The molecule has 1 fully saturated rings. The van der Waals surface area contributed by atoms with Gasteiger partial charge in [-0.1, -0.05) is 20.8 Å². The van der Waals surface area contributed by atoms with E-state index in [0.29, 0.717) is 5.41 Å². The van der Waals surface area contributed by atoms with E-state index in [0.717, 1.165) is 6.04 Å². The van der Waals surface area contributed by atoms with Crippen molar-refractivity contribution in [1.82, 2.24) is 5.32 Å². The highest BCUT2D eigenvalue weighted by molar-refractivity contribution is 7.99. The van der Waals surface area contributed by atoms with Gasteiger partial charge in [-0.25, -0.2) is 0 Å². The van der Waals surface area contributed by atoms with Crippen molar-refractivity contribution in [3.8, 4) is 0 Å². The Kier molecular flexibility index (Phi) is 6.06. The quantitative estimate of drug-likeness (QED) is 0.605. The molecule has 90 valence electrons. The molecule has 1 rings (SSSR count). The molecule has 0 atom stereocenters. The van der Waals surface area contributed by atoms with Crippen molar-refractivity contribution >= 4 is 11.8 Å². The molecule has 0 heterocycles. The minimum absolute atomic E-state index is 0.574. The number of hydrogen-bond acceptors (Lipinski definition) is 2. The Morgan fingerprint density at radius 1 is 1.20 bits per heavy atom. The molecule has 0 aromatic carbocycles. The van der Waals surface area contributed by atoms with Crippen molar-refractivity contribution in [1.29, 1.82) is 0 Å². The van der Waals surface area contributed by atoms with Crippen LogP contribution in [0.4, 0.5) is 0 Å². The van der Waals surface area contributed by atoms with Crippen LogP contribution in [-0.4, -0.2) is 24.1 Å². The van der Waals surface area contributed by atoms with Gasteiger partial charge < -0.3 is 5.32 Å². The van der Waals surface area contributed by atoms with E-state index in [2.05, 4.69) is 37.8 Å². The minimum Gasteiger partial charge on any atom is -0.313 e. The molecule has 2 heteroatoms. The fourth-order valence-electron chi connectivity index (χ4n) is 2.02. The molecule has 0 saturated heterocycles. The molecular formula is C13H27NS. The van der Waals surface area contributed by atoms with Gasteiger partial charge in [0.25, 0.3) is 0 Å². The molecule has 0 bridgehead atoms. The van der Waals surface area contributed by atoms with Crippen molar-refractivity contribution in [2.24, 2.45) is 5.41 Å². The average molecular weight is 229 g/mol. The lowest BCUT2D eigenvalue weighted by atomic mass is 9.79. The molecule has 0 aliphatic heterocycles. The first-order valence-electron chi connectivity index (χ1n) is 6.57. The molecule has 1 aliphatic rings. The van der Waals surface area contributed by atoms with Crippen molar-refractivity contribution in [3.05, 3.63) is 0 Å². The fourth-order valence-corrected chi connectivity index (χ4v) is 2.89. The largest absolute Gasteiger partial charge is 0.313 e. The molecule has 0 amide bonds. The summed E-state index contributed by atoms with van der Waals surface area (Å²) in [6.45, 7) is 8.21. The lowest BCUT2D eigenvalue weighted by Gasteiger charge is -2.32. The Balaban J connectivity index is 2.28. The third-order valence-electron chi connectivity index (χ3n) is 3.82. The third-order valence-corrected chi connectivity index (χ3v) is 4.72. The number of nitrogens with one attached hydrogen (secondary N) is 1. The van der Waals surface area contributed by atoms with Crippen LogP contribution in [0, 0.1) is 5.41 Å². The van der Waals surface area contributed by atoms with Gasteiger partial charge in [0.2, 0.25) is 0 Å². The predicted molar refractivity (Wildman–Crippen MR) is 71.7 cm³/mol. The summed E-state index contributed by atoms with van der Waals surface area (Å²) >= 11 is 2.09. The van der Waals surface area contributed by atoms with Crippen LogP contribution >= 0.6 is 11.8 Å². The summed E-state index contributed by atoms with van der Waals surface area (Å²) in [6.07, 6.45) is 6.86. The second kappa shape index (κ2) is 6.80. The van der Waals surface area contributed by atoms with Crippen LogP contribution in [0.15, 0.2) is 0 Å². The summed E-state index contributed by atoms with van der Waals surface area (Å²) < 4.78 is 0. The highest BCUT2D eigenvalue weighted by Crippen LogP contribution is 2.32. The number of rotatable bonds is 9. The molecular weight excluding hydrogens is 202 g/mol. The van der Waals surface area contributed by atoms with Crippen molar-refractivity contribution in [3.63, 3.8) is 0 Å². The minimum atomic E-state index is 0.574. The van der Waals surface area contributed by atoms with Gasteiger partial charge in [0, 0.05) is 12.6 Å². The molecule has 0 aromatic rings. The van der Waals surface area contributed by atoms with Crippen molar-refractivity contribution in [2.75, 3.05) is 18.1 Å². The Labute approximate surface area is 99.8 Å². The zero-order valence-corrected chi connectivity index (χ0v) is 11.5. The highest BCUT2D eigenvalue weighted by Gasteiger charge is 2.29. The molecule has 1 nitrogen and oxygen atoms in total. The maximum absolute atomic E-state index is 3.72. The molecule has 0 aromatic heterocycles. The van der Waals surface area contributed by atoms with E-state index in [1.807, 2.05) is 0 Å². The van der Waals surface area contributed by atoms with E-state index in [-0.39, 0.29) is 0 Å². The summed E-state index contributed by atoms with van der Waals surface area (Å²) in [6, 6.07) is 0.862. The monoisotopic (exact) mass is 229 g/mol. The van der Waals surface area contributed by atoms with Crippen LogP contribution in [0.3, 0.4) is 0 Å². The summed E-state index contributed by atoms with van der Waals surface area (Å²) in [4.78, 5) is 0. The van der Waals surface area contributed by atoms with E-state index in [1.165, 1.54) is 50.2 Å². The Morgan fingerprint density at radius 2 is 1.87 bits per heavy atom. The molecule has 1 saturated carbocycles. The Hall–Kier alpha value is 0.310. The van der Waals surface area contributed by atoms with Crippen molar-refractivity contribution < 1.29 is 0 Å². The SMILES string of the molecule is CCSCCC(CC)(CC)CNC1CC1. The zero-order valence-electron chi connectivity index (χ0n) is 10.6. The van der Waals surface area contributed by atoms with Crippen LogP contribution in [-0.2, 0) is 0 Å². The van der Waals surface area contributed by atoms with Gasteiger partial charge in [0.1, 0.15) is 0 Å². The van der Waals surface area contributed by atoms with E-state index in [9.17, 15) is 0 Å². The summed E-state index contributed by atoms with van der Waals surface area (Å²) in [5, 5.41) is 3.72. The van der Waals surface area contributed by atoms with Gasteiger partial charge in [-0.05, 0) is 49.0 Å². The van der Waals surface area contributed by atoms with Gasteiger partial charge in [-0.15, -0.1) is 0 Å². The van der Waals surface area contributed by atoms with Crippen molar-refractivity contribution in [2.45, 2.75) is 58.9 Å². The third kappa shape index (κ3) is 4.78. The van der Waals surface area contributed by atoms with Gasteiger partial charge in [-0.3, -0.25) is 0 Å². The number of thioether (sulfide) groups is 1. The van der Waals surface area contributed by atoms with Gasteiger partial charge in [0.15, 0.2) is 0 Å². The Bertz CT molecular complexity index is 162. The fraction of sp³-hybridized carbons (Fsp3) is 1.00. The van der Waals surface area contributed by atoms with Crippen LogP contribution < -0.4 is 5.32 Å². The molecule has 1 N–H and O–H groups in total. The molecule has 0 radical (unpaired) electrons. The van der Waals surface area contributed by atoms with Gasteiger partial charge in [-0.2, -0.15) is 11.8 Å². The predicted octanol–water partition coefficient (Wildman–Crippen LogP) is 3.69. The number of hydrogen-bond donors (Lipinski definition) is 1. The summed E-state index contributed by atoms with van der Waals surface area (Å²) in [5.74, 6) is 2.60. The molecule has 0 spiro atoms. The molecule has 1 aliphatic carbocycles. The van der Waals surface area contributed by atoms with Gasteiger partial charge >= 0.3 is 0 Å². The van der Waals surface area contributed by atoms with Crippen LogP contribution in [0.2, 0.25) is 0 Å². The second-order valence-corrected chi connectivity index (χ2v) is 6.20. The van der Waals surface area contributed by atoms with E-state index >= 15 is 0 Å². The standard InChI is InChI=1S/C13H27NS/c1-4-13(5-2,9-10-15-6-3)11-14-12-7-8-12/h12,14H,4-11H2,1-3H3. The topological polar surface area (TPSA) is 12.0 Å². The Morgan fingerprint density at radius 3 is 2.33 bits per heavy atom. The maximum Gasteiger partial charge on any atom is 0.00684 e. The molecule has 0 unspecified atom stereocenters. The lowest BCUT2D eigenvalue weighted by Crippen LogP contribution is -2.35. The zero-order chi connectivity index (χ0) is 11.1. The maximum atomic E-state index is 3.72. The van der Waals surface area contributed by atoms with Crippen LogP contribution in [0.25, 0.3) is 0 Å². The highest BCUT2D eigenvalue weighted by atomic mass is 32.2. The average Bonchev–Trinajstić information content (AvgIpc) is 3.08. The van der Waals surface area contributed by atoms with E-state index in [4.69, 9.17) is 0 Å². The lowest BCUT2D eigenvalue weighted by molar-refractivity contribution is 0.240.